The molecule has 33 heavy (non-hydrogen) atoms. The van der Waals surface area contributed by atoms with Crippen LogP contribution in [0.4, 0.5) is 11.8 Å². The van der Waals surface area contributed by atoms with Crippen molar-refractivity contribution in [2.24, 2.45) is 5.92 Å². The molecule has 7 heteroatoms. The lowest BCUT2D eigenvalue weighted by molar-refractivity contribution is -0.144. The monoisotopic (exact) mass is 453 g/mol. The number of hydrogen-bond acceptors (Lipinski definition) is 7. The van der Waals surface area contributed by atoms with Crippen LogP contribution in [-0.2, 0) is 22.4 Å². The van der Waals surface area contributed by atoms with Gasteiger partial charge in [0, 0.05) is 24.2 Å². The quantitative estimate of drug-likeness (QED) is 0.392. The molecule has 0 radical (unpaired) electrons. The predicted octanol–water partition coefficient (Wildman–Crippen LogP) is 3.99. The van der Waals surface area contributed by atoms with Crippen LogP contribution in [0.15, 0.2) is 24.3 Å². The largest absolute Gasteiger partial charge is 0.465 e. The van der Waals surface area contributed by atoms with Crippen molar-refractivity contribution in [1.82, 2.24) is 14.9 Å². The summed E-state index contributed by atoms with van der Waals surface area (Å²) in [6.07, 6.45) is 6.68. The molecule has 1 aromatic carbocycles. The maximum atomic E-state index is 12.3. The molecule has 7 nitrogen and oxygen atoms in total. The number of likely N-dealkylation sites (tertiary alicyclic amines) is 1. The highest BCUT2D eigenvalue weighted by Gasteiger charge is 2.18. The van der Waals surface area contributed by atoms with Crippen LogP contribution in [0.3, 0.4) is 0 Å². The number of aryl methyl sites for hydroxylation is 1. The molecule has 0 aliphatic carbocycles. The number of esters is 1. The van der Waals surface area contributed by atoms with Crippen LogP contribution >= 0.6 is 0 Å². The van der Waals surface area contributed by atoms with Crippen molar-refractivity contribution < 1.29 is 9.53 Å². The van der Waals surface area contributed by atoms with E-state index in [0.29, 0.717) is 31.3 Å². The Hall–Kier alpha value is -2.67. The molecule has 3 rings (SSSR count). The lowest BCUT2D eigenvalue weighted by Crippen LogP contribution is -2.32. The highest BCUT2D eigenvalue weighted by atomic mass is 16.5. The second-order valence-corrected chi connectivity index (χ2v) is 9.23. The summed E-state index contributed by atoms with van der Waals surface area (Å²) in [5.41, 5.74) is 9.95. The minimum absolute atomic E-state index is 0.150. The van der Waals surface area contributed by atoms with E-state index in [9.17, 15) is 4.79 Å². The van der Waals surface area contributed by atoms with E-state index in [0.717, 1.165) is 67.1 Å². The standard InChI is InChI=1S/C26H39N5O2/c1-4-5-6-13-28-25-23(19(2)29-26(27)30-25)16-20-7-9-21(10-8-20)17-24(32)33-18-22-11-14-31(3)15-12-22/h7-10,22H,4-6,11-18H2,1-3H3,(H3,27,28,29,30). The fraction of sp³-hybridized carbons (Fsp3) is 0.577. The summed E-state index contributed by atoms with van der Waals surface area (Å²) in [5.74, 6) is 1.45. The lowest BCUT2D eigenvalue weighted by Gasteiger charge is -2.28. The van der Waals surface area contributed by atoms with Crippen LogP contribution < -0.4 is 11.1 Å². The second kappa shape index (κ2) is 12.5. The smallest absolute Gasteiger partial charge is 0.310 e. The summed E-state index contributed by atoms with van der Waals surface area (Å²) in [4.78, 5) is 23.4. The first-order chi connectivity index (χ1) is 15.9. The van der Waals surface area contributed by atoms with Gasteiger partial charge in [0.25, 0.3) is 0 Å². The number of nitrogens with zero attached hydrogens (tertiary/aromatic N) is 3. The van der Waals surface area contributed by atoms with Gasteiger partial charge >= 0.3 is 5.97 Å². The second-order valence-electron chi connectivity index (χ2n) is 9.23. The van der Waals surface area contributed by atoms with E-state index in [2.05, 4.69) is 46.3 Å². The lowest BCUT2D eigenvalue weighted by atomic mass is 9.98. The molecule has 1 aliphatic heterocycles. The molecule has 3 N–H and O–H groups in total. The average molecular weight is 454 g/mol. The number of carbonyl (C=O) groups is 1. The van der Waals surface area contributed by atoms with Crippen LogP contribution in [0.1, 0.15) is 61.4 Å². The number of benzene rings is 1. The fourth-order valence-corrected chi connectivity index (χ4v) is 4.19. The first-order valence-corrected chi connectivity index (χ1v) is 12.2. The van der Waals surface area contributed by atoms with Gasteiger partial charge in [-0.25, -0.2) is 4.98 Å². The van der Waals surface area contributed by atoms with Gasteiger partial charge in [-0.3, -0.25) is 4.79 Å². The van der Waals surface area contributed by atoms with Crippen molar-refractivity contribution in [3.8, 4) is 0 Å². The van der Waals surface area contributed by atoms with Crippen molar-refractivity contribution in [2.75, 3.05) is 44.3 Å². The van der Waals surface area contributed by atoms with Crippen LogP contribution in [0.2, 0.25) is 0 Å². The number of hydrogen-bond donors (Lipinski definition) is 2. The molecule has 0 unspecified atom stereocenters. The highest BCUT2D eigenvalue weighted by molar-refractivity contribution is 5.72. The van der Waals surface area contributed by atoms with Gasteiger partial charge in [0.1, 0.15) is 5.82 Å². The van der Waals surface area contributed by atoms with Crippen molar-refractivity contribution >= 4 is 17.7 Å². The van der Waals surface area contributed by atoms with Crippen molar-refractivity contribution in [3.05, 3.63) is 46.6 Å². The predicted molar refractivity (Wildman–Crippen MR) is 133 cm³/mol. The van der Waals surface area contributed by atoms with Crippen molar-refractivity contribution in [3.63, 3.8) is 0 Å². The maximum Gasteiger partial charge on any atom is 0.310 e. The Labute approximate surface area is 198 Å². The number of anilines is 2. The molecule has 180 valence electrons. The molecule has 0 spiro atoms. The van der Waals surface area contributed by atoms with E-state index in [4.69, 9.17) is 10.5 Å². The molecule has 0 amide bonds. The molecule has 2 heterocycles. The summed E-state index contributed by atoms with van der Waals surface area (Å²) in [7, 11) is 2.14. The van der Waals surface area contributed by atoms with E-state index >= 15 is 0 Å². The summed E-state index contributed by atoms with van der Waals surface area (Å²) in [6.45, 7) is 7.73. The average Bonchev–Trinajstić information content (AvgIpc) is 2.79. The number of unbranched alkanes of at least 4 members (excludes halogenated alkanes) is 2. The van der Waals surface area contributed by atoms with Crippen molar-refractivity contribution in [2.45, 2.75) is 58.8 Å². The molecule has 0 bridgehead atoms. The van der Waals surface area contributed by atoms with E-state index < -0.39 is 0 Å². The van der Waals surface area contributed by atoms with Gasteiger partial charge in [-0.1, -0.05) is 44.0 Å². The Morgan fingerprint density at radius 1 is 1.15 bits per heavy atom. The van der Waals surface area contributed by atoms with Crippen LogP contribution in [0, 0.1) is 12.8 Å². The molecule has 2 aromatic rings. The summed E-state index contributed by atoms with van der Waals surface area (Å²) in [5, 5.41) is 3.44. The third-order valence-electron chi connectivity index (χ3n) is 6.37. The Kier molecular flexibility index (Phi) is 9.48. The zero-order valence-electron chi connectivity index (χ0n) is 20.4. The minimum atomic E-state index is -0.150. The number of nitrogens with two attached hydrogens (primary N) is 1. The van der Waals surface area contributed by atoms with Gasteiger partial charge in [-0.2, -0.15) is 4.98 Å². The van der Waals surface area contributed by atoms with Gasteiger partial charge in [0.05, 0.1) is 13.0 Å². The van der Waals surface area contributed by atoms with E-state index in [-0.39, 0.29) is 5.97 Å². The van der Waals surface area contributed by atoms with Crippen LogP contribution in [-0.4, -0.2) is 54.1 Å². The molecule has 0 atom stereocenters. The van der Waals surface area contributed by atoms with E-state index in [1.165, 1.54) is 12.8 Å². The van der Waals surface area contributed by atoms with Gasteiger partial charge in [0.15, 0.2) is 0 Å². The SMILES string of the molecule is CCCCCNc1nc(N)nc(C)c1Cc1ccc(CC(=O)OCC2CCN(C)CC2)cc1. The minimum Gasteiger partial charge on any atom is -0.465 e. The third-order valence-corrected chi connectivity index (χ3v) is 6.37. The molecule has 1 fully saturated rings. The van der Waals surface area contributed by atoms with Gasteiger partial charge in [-0.05, 0) is 63.4 Å². The topological polar surface area (TPSA) is 93.4 Å². The molecule has 1 aromatic heterocycles. The number of nitrogen functional groups attached to an aromatic ring is 1. The highest BCUT2D eigenvalue weighted by Crippen LogP contribution is 2.22. The first-order valence-electron chi connectivity index (χ1n) is 12.2. The number of ether oxygens (including phenoxy) is 1. The molecule has 0 saturated carbocycles. The number of aromatic nitrogens is 2. The summed E-state index contributed by atoms with van der Waals surface area (Å²) < 4.78 is 5.55. The Balaban J connectivity index is 1.54. The molecular weight excluding hydrogens is 414 g/mol. The van der Waals surface area contributed by atoms with Gasteiger partial charge < -0.3 is 20.7 Å². The Bertz CT molecular complexity index is 892. The summed E-state index contributed by atoms with van der Waals surface area (Å²) in [6, 6.07) is 8.15. The van der Waals surface area contributed by atoms with Gasteiger partial charge in [0.2, 0.25) is 5.95 Å². The van der Waals surface area contributed by atoms with Gasteiger partial charge in [-0.15, -0.1) is 0 Å². The molecule has 1 saturated heterocycles. The number of rotatable bonds is 11. The van der Waals surface area contributed by atoms with Crippen LogP contribution in [0.5, 0.6) is 0 Å². The number of piperidine rings is 1. The number of nitrogens with one attached hydrogen (secondary N) is 1. The zero-order chi connectivity index (χ0) is 23.6. The Morgan fingerprint density at radius 2 is 1.85 bits per heavy atom. The van der Waals surface area contributed by atoms with E-state index in [1.807, 2.05) is 19.1 Å². The first kappa shape index (κ1) is 25.0. The van der Waals surface area contributed by atoms with E-state index in [1.54, 1.807) is 0 Å². The van der Waals surface area contributed by atoms with Crippen LogP contribution in [0.25, 0.3) is 0 Å². The molecule has 1 aliphatic rings. The van der Waals surface area contributed by atoms with Crippen molar-refractivity contribution in [1.29, 1.82) is 0 Å². The molecular formula is C26H39N5O2. The fourth-order valence-electron chi connectivity index (χ4n) is 4.19. The zero-order valence-corrected chi connectivity index (χ0v) is 20.4. The third kappa shape index (κ3) is 8.00. The maximum absolute atomic E-state index is 12.3. The summed E-state index contributed by atoms with van der Waals surface area (Å²) >= 11 is 0. The number of carbonyl (C=O) groups excluding carboxylic acids is 1. The normalized spacial score (nSPS) is 14.9. The Morgan fingerprint density at radius 3 is 2.55 bits per heavy atom.